The van der Waals surface area contributed by atoms with E-state index in [1.165, 1.54) is 23.7 Å². The molecule has 0 aliphatic heterocycles. The van der Waals surface area contributed by atoms with Gasteiger partial charge in [-0.25, -0.2) is 0 Å². The van der Waals surface area contributed by atoms with Crippen molar-refractivity contribution in [2.45, 2.75) is 26.2 Å². The van der Waals surface area contributed by atoms with E-state index in [2.05, 4.69) is 6.92 Å². The van der Waals surface area contributed by atoms with Gasteiger partial charge >= 0.3 is 0 Å². The van der Waals surface area contributed by atoms with Crippen LogP contribution in [-0.4, -0.2) is 0 Å². The quantitative estimate of drug-likeness (QED) is 0.462. The molecule has 0 radical (unpaired) electrons. The Morgan fingerprint density at radius 1 is 1.00 bits per heavy atom. The molecule has 50 valence electrons. The highest BCUT2D eigenvalue weighted by atomic mass is 14.7. The summed E-state index contributed by atoms with van der Waals surface area (Å²) in [6.45, 7) is 2.46. The number of fused-ring (bicyclic) bond motifs is 1. The Balaban J connectivity index is 1.96. The summed E-state index contributed by atoms with van der Waals surface area (Å²) in [6, 6.07) is 0. The molecule has 0 aromatic carbocycles. The van der Waals surface area contributed by atoms with E-state index in [1.54, 1.807) is 19.3 Å². The molecule has 5 atom stereocenters. The maximum Gasteiger partial charge on any atom is -0.0321 e. The van der Waals surface area contributed by atoms with Crippen LogP contribution in [0.25, 0.3) is 0 Å². The Bertz CT molecular complexity index is 150. The molecule has 3 saturated carbocycles. The summed E-state index contributed by atoms with van der Waals surface area (Å²) in [4.78, 5) is 0. The Kier molecular flexibility index (Phi) is 0.640. The first-order chi connectivity index (χ1) is 4.38. The van der Waals surface area contributed by atoms with Gasteiger partial charge in [-0.05, 0) is 48.9 Å². The van der Waals surface area contributed by atoms with Crippen LogP contribution in [0.2, 0.25) is 0 Å². The van der Waals surface area contributed by atoms with Crippen LogP contribution in [0.15, 0.2) is 0 Å². The number of hydrogen-bond acceptors (Lipinski definition) is 0. The first kappa shape index (κ1) is 4.76. The maximum atomic E-state index is 2.46. The number of hydrogen-bond donors (Lipinski definition) is 0. The molecule has 3 rings (SSSR count). The Morgan fingerprint density at radius 3 is 2.44 bits per heavy atom. The summed E-state index contributed by atoms with van der Waals surface area (Å²) in [6.07, 6.45) is 4.75. The largest absolute Gasteiger partial charge is 0.0622 e. The molecule has 3 fully saturated rings. The molecule has 0 aromatic rings. The van der Waals surface area contributed by atoms with E-state index in [9.17, 15) is 0 Å². The van der Waals surface area contributed by atoms with Crippen LogP contribution < -0.4 is 0 Å². The molecular weight excluding hydrogens is 108 g/mol. The molecule has 0 N–H and O–H groups in total. The second-order valence-electron chi connectivity index (χ2n) is 4.36. The van der Waals surface area contributed by atoms with Crippen LogP contribution >= 0.6 is 0 Å². The molecular formula is C9H14. The molecule has 0 nitrogen and oxygen atoms in total. The summed E-state index contributed by atoms with van der Waals surface area (Å²) in [5.74, 6) is 5.96. The van der Waals surface area contributed by atoms with Crippen LogP contribution in [-0.2, 0) is 0 Å². The standard InChI is InChI=1S/C9H14/c1-5-4-8-7-3-2-6(5)9(7)8/h5-9H,2-4H2,1H3/t5?,6-,7?,8?,9?/m0/s1. The van der Waals surface area contributed by atoms with Gasteiger partial charge in [-0.1, -0.05) is 6.92 Å². The van der Waals surface area contributed by atoms with E-state index in [1.807, 2.05) is 0 Å². The molecule has 0 spiro atoms. The fourth-order valence-corrected chi connectivity index (χ4v) is 3.69. The highest BCUT2D eigenvalue weighted by Gasteiger charge is 2.63. The van der Waals surface area contributed by atoms with Crippen molar-refractivity contribution in [3.63, 3.8) is 0 Å². The van der Waals surface area contributed by atoms with Gasteiger partial charge in [-0.15, -0.1) is 0 Å². The highest BCUT2D eigenvalue weighted by molar-refractivity contribution is 5.11. The van der Waals surface area contributed by atoms with E-state index >= 15 is 0 Å². The lowest BCUT2D eigenvalue weighted by atomic mass is 9.95. The molecule has 0 heteroatoms. The van der Waals surface area contributed by atoms with Crippen LogP contribution in [0.1, 0.15) is 26.2 Å². The first-order valence-electron chi connectivity index (χ1n) is 4.38. The summed E-state index contributed by atoms with van der Waals surface area (Å²) >= 11 is 0. The molecule has 4 unspecified atom stereocenters. The van der Waals surface area contributed by atoms with E-state index in [0.29, 0.717) is 0 Å². The van der Waals surface area contributed by atoms with Crippen molar-refractivity contribution < 1.29 is 0 Å². The molecule has 3 aliphatic carbocycles. The molecule has 0 saturated heterocycles. The summed E-state index contributed by atoms with van der Waals surface area (Å²) in [7, 11) is 0. The minimum Gasteiger partial charge on any atom is -0.0622 e. The SMILES string of the molecule is CC1CC2C3CC[C@@H]1C32. The first-order valence-corrected chi connectivity index (χ1v) is 4.38. The van der Waals surface area contributed by atoms with Gasteiger partial charge in [0, 0.05) is 0 Å². The average molecular weight is 122 g/mol. The van der Waals surface area contributed by atoms with Crippen LogP contribution in [0.5, 0.6) is 0 Å². The lowest BCUT2D eigenvalue weighted by molar-refractivity contribution is 0.386. The second-order valence-corrected chi connectivity index (χ2v) is 4.36. The molecule has 3 aliphatic rings. The Labute approximate surface area is 56.6 Å². The van der Waals surface area contributed by atoms with Gasteiger partial charge < -0.3 is 0 Å². The molecule has 0 bridgehead atoms. The van der Waals surface area contributed by atoms with Gasteiger partial charge in [0.05, 0.1) is 0 Å². The predicted octanol–water partition coefficient (Wildman–Crippen LogP) is 2.30. The van der Waals surface area contributed by atoms with Gasteiger partial charge in [0.25, 0.3) is 0 Å². The topological polar surface area (TPSA) is 0 Å². The summed E-state index contributed by atoms with van der Waals surface area (Å²) in [5.41, 5.74) is 0. The van der Waals surface area contributed by atoms with Gasteiger partial charge in [-0.2, -0.15) is 0 Å². The normalized spacial score (nSPS) is 68.3. The van der Waals surface area contributed by atoms with Gasteiger partial charge in [0.15, 0.2) is 0 Å². The van der Waals surface area contributed by atoms with Crippen molar-refractivity contribution in [1.82, 2.24) is 0 Å². The zero-order chi connectivity index (χ0) is 6.01. The third kappa shape index (κ3) is 0.395. The monoisotopic (exact) mass is 122 g/mol. The van der Waals surface area contributed by atoms with Gasteiger partial charge in [-0.3, -0.25) is 0 Å². The molecule has 0 heterocycles. The smallest absolute Gasteiger partial charge is 0.0321 e. The maximum absolute atomic E-state index is 2.46. The number of rotatable bonds is 0. The third-order valence-electron chi connectivity index (χ3n) is 4.10. The van der Waals surface area contributed by atoms with E-state index in [4.69, 9.17) is 0 Å². The molecule has 0 aromatic heterocycles. The Morgan fingerprint density at radius 2 is 1.78 bits per heavy atom. The van der Waals surface area contributed by atoms with Crippen molar-refractivity contribution in [1.29, 1.82) is 0 Å². The summed E-state index contributed by atoms with van der Waals surface area (Å²) in [5, 5.41) is 0. The molecule has 0 amide bonds. The fraction of sp³-hybridized carbons (Fsp3) is 1.00. The van der Waals surface area contributed by atoms with E-state index in [-0.39, 0.29) is 0 Å². The zero-order valence-electron chi connectivity index (χ0n) is 6.01. The predicted molar refractivity (Wildman–Crippen MR) is 37.0 cm³/mol. The van der Waals surface area contributed by atoms with Crippen molar-refractivity contribution in [3.8, 4) is 0 Å². The highest BCUT2D eigenvalue weighted by Crippen LogP contribution is 2.70. The lowest BCUT2D eigenvalue weighted by Crippen LogP contribution is -2.03. The van der Waals surface area contributed by atoms with Gasteiger partial charge in [0.1, 0.15) is 0 Å². The van der Waals surface area contributed by atoms with Crippen LogP contribution in [0.4, 0.5) is 0 Å². The van der Waals surface area contributed by atoms with Crippen molar-refractivity contribution in [2.24, 2.45) is 29.6 Å². The van der Waals surface area contributed by atoms with E-state index < -0.39 is 0 Å². The minimum atomic E-state index is 1.10. The third-order valence-corrected chi connectivity index (χ3v) is 4.10. The second kappa shape index (κ2) is 1.21. The van der Waals surface area contributed by atoms with Crippen LogP contribution in [0.3, 0.4) is 0 Å². The Hall–Kier alpha value is 0. The van der Waals surface area contributed by atoms with Gasteiger partial charge in [0.2, 0.25) is 0 Å². The lowest BCUT2D eigenvalue weighted by Gasteiger charge is -2.11. The van der Waals surface area contributed by atoms with Crippen LogP contribution in [0, 0.1) is 29.6 Å². The average Bonchev–Trinajstić information content (AvgIpc) is 2.30. The zero-order valence-corrected chi connectivity index (χ0v) is 6.01. The minimum absolute atomic E-state index is 1.10. The van der Waals surface area contributed by atoms with Crippen molar-refractivity contribution in [2.75, 3.05) is 0 Å². The molecule has 9 heavy (non-hydrogen) atoms. The summed E-state index contributed by atoms with van der Waals surface area (Å²) < 4.78 is 0. The van der Waals surface area contributed by atoms with Crippen molar-refractivity contribution >= 4 is 0 Å². The fourth-order valence-electron chi connectivity index (χ4n) is 3.69. The van der Waals surface area contributed by atoms with Crippen molar-refractivity contribution in [3.05, 3.63) is 0 Å². The van der Waals surface area contributed by atoms with E-state index in [0.717, 1.165) is 5.92 Å².